The van der Waals surface area contributed by atoms with Gasteiger partial charge in [0.25, 0.3) is 0 Å². The second-order valence-electron chi connectivity index (χ2n) is 4.59. The van der Waals surface area contributed by atoms with E-state index >= 15 is 0 Å². The van der Waals surface area contributed by atoms with Crippen LogP contribution in [0.15, 0.2) is 24.3 Å². The number of benzene rings is 1. The Morgan fingerprint density at radius 1 is 1.31 bits per heavy atom. The van der Waals surface area contributed by atoms with Crippen LogP contribution in [-0.4, -0.2) is 25.2 Å². The van der Waals surface area contributed by atoms with Crippen molar-refractivity contribution < 1.29 is 8.78 Å². The van der Waals surface area contributed by atoms with Crippen LogP contribution in [0.3, 0.4) is 0 Å². The van der Waals surface area contributed by atoms with Gasteiger partial charge in [-0.3, -0.25) is 9.29 Å². The third-order valence-corrected chi connectivity index (χ3v) is 3.45. The van der Waals surface area contributed by atoms with Crippen molar-refractivity contribution in [2.75, 3.05) is 20.3 Å². The van der Waals surface area contributed by atoms with E-state index in [2.05, 4.69) is 4.90 Å². The van der Waals surface area contributed by atoms with Crippen molar-refractivity contribution in [2.45, 2.75) is 18.9 Å². The average molecular weight is 225 g/mol. The van der Waals surface area contributed by atoms with Gasteiger partial charge in [0.2, 0.25) is 0 Å². The SMILES string of the molecule is CN1CC[C@H](CF)C[C@H]1c1ccc(F)cc1. The van der Waals surface area contributed by atoms with Crippen molar-refractivity contribution in [1.29, 1.82) is 0 Å². The molecule has 16 heavy (non-hydrogen) atoms. The van der Waals surface area contributed by atoms with Crippen LogP contribution in [0.5, 0.6) is 0 Å². The Balaban J connectivity index is 2.14. The van der Waals surface area contributed by atoms with Crippen LogP contribution < -0.4 is 0 Å². The zero-order valence-electron chi connectivity index (χ0n) is 9.50. The van der Waals surface area contributed by atoms with Crippen LogP contribution in [0.1, 0.15) is 24.4 Å². The second kappa shape index (κ2) is 4.91. The molecule has 1 heterocycles. The lowest BCUT2D eigenvalue weighted by molar-refractivity contribution is 0.126. The summed E-state index contributed by atoms with van der Waals surface area (Å²) in [6.45, 7) is 0.669. The van der Waals surface area contributed by atoms with Crippen LogP contribution in [-0.2, 0) is 0 Å². The molecule has 88 valence electrons. The van der Waals surface area contributed by atoms with E-state index in [9.17, 15) is 8.78 Å². The summed E-state index contributed by atoms with van der Waals surface area (Å²) in [6.07, 6.45) is 1.75. The van der Waals surface area contributed by atoms with Gasteiger partial charge in [0, 0.05) is 6.04 Å². The Bertz CT molecular complexity index is 336. The van der Waals surface area contributed by atoms with Gasteiger partial charge in [-0.25, -0.2) is 4.39 Å². The van der Waals surface area contributed by atoms with E-state index in [0.29, 0.717) is 0 Å². The molecule has 0 aromatic heterocycles. The van der Waals surface area contributed by atoms with Gasteiger partial charge in [-0.2, -0.15) is 0 Å². The largest absolute Gasteiger partial charge is 0.299 e. The molecule has 0 bridgehead atoms. The minimum atomic E-state index is -0.245. The Morgan fingerprint density at radius 2 is 2.00 bits per heavy atom. The quantitative estimate of drug-likeness (QED) is 0.747. The van der Waals surface area contributed by atoms with Crippen LogP contribution in [0.4, 0.5) is 8.78 Å². The van der Waals surface area contributed by atoms with Crippen LogP contribution in [0.2, 0.25) is 0 Å². The first kappa shape index (κ1) is 11.5. The normalized spacial score (nSPS) is 26.9. The molecule has 3 heteroatoms. The van der Waals surface area contributed by atoms with Gasteiger partial charge in [0.1, 0.15) is 5.82 Å². The first-order chi connectivity index (χ1) is 7.70. The first-order valence-electron chi connectivity index (χ1n) is 5.72. The Labute approximate surface area is 95.1 Å². The standard InChI is InChI=1S/C13H17F2N/c1-16-7-6-10(9-14)8-13(16)11-2-4-12(15)5-3-11/h2-5,10,13H,6-9H2,1H3/t10-,13-/m0/s1. The van der Waals surface area contributed by atoms with E-state index in [1.54, 1.807) is 12.1 Å². The van der Waals surface area contributed by atoms with Gasteiger partial charge in [0.05, 0.1) is 6.67 Å². The summed E-state index contributed by atoms with van der Waals surface area (Å²) in [6, 6.07) is 6.79. The predicted molar refractivity (Wildman–Crippen MR) is 60.5 cm³/mol. The fourth-order valence-corrected chi connectivity index (χ4v) is 2.37. The second-order valence-corrected chi connectivity index (χ2v) is 4.59. The maximum absolute atomic E-state index is 12.8. The van der Waals surface area contributed by atoms with Gasteiger partial charge < -0.3 is 0 Å². The molecule has 0 saturated carbocycles. The van der Waals surface area contributed by atoms with Crippen molar-refractivity contribution in [3.63, 3.8) is 0 Å². The van der Waals surface area contributed by atoms with Crippen LogP contribution in [0.25, 0.3) is 0 Å². The molecular formula is C13H17F2N. The molecule has 0 aliphatic carbocycles. The van der Waals surface area contributed by atoms with E-state index in [0.717, 1.165) is 24.9 Å². The maximum atomic E-state index is 12.8. The zero-order chi connectivity index (χ0) is 11.5. The summed E-state index contributed by atoms with van der Waals surface area (Å²) >= 11 is 0. The molecule has 0 amide bonds. The molecule has 0 radical (unpaired) electrons. The topological polar surface area (TPSA) is 3.24 Å². The monoisotopic (exact) mass is 225 g/mol. The highest BCUT2D eigenvalue weighted by atomic mass is 19.1. The van der Waals surface area contributed by atoms with E-state index in [-0.39, 0.29) is 24.5 Å². The third-order valence-electron chi connectivity index (χ3n) is 3.45. The number of rotatable bonds is 2. The van der Waals surface area contributed by atoms with Crippen LogP contribution >= 0.6 is 0 Å². The number of hydrogen-bond acceptors (Lipinski definition) is 1. The van der Waals surface area contributed by atoms with Gasteiger partial charge in [-0.05, 0) is 50.0 Å². The number of nitrogens with zero attached hydrogens (tertiary/aromatic N) is 1. The summed E-state index contributed by atoms with van der Waals surface area (Å²) in [4.78, 5) is 2.22. The van der Waals surface area contributed by atoms with Crippen molar-refractivity contribution in [3.05, 3.63) is 35.6 Å². The minimum Gasteiger partial charge on any atom is -0.299 e. The van der Waals surface area contributed by atoms with Gasteiger partial charge in [0.15, 0.2) is 0 Å². The summed E-state index contributed by atoms with van der Waals surface area (Å²) in [5, 5.41) is 0. The summed E-state index contributed by atoms with van der Waals surface area (Å²) in [5.74, 6) is -0.0597. The lowest BCUT2D eigenvalue weighted by atomic mass is 9.88. The molecule has 2 rings (SSSR count). The molecule has 1 aliphatic rings. The molecule has 1 saturated heterocycles. The molecule has 1 aromatic rings. The molecule has 1 fully saturated rings. The molecule has 2 atom stereocenters. The number of hydrogen-bond donors (Lipinski definition) is 0. The van der Waals surface area contributed by atoms with E-state index in [1.165, 1.54) is 12.1 Å². The van der Waals surface area contributed by atoms with E-state index < -0.39 is 0 Å². The number of alkyl halides is 1. The van der Waals surface area contributed by atoms with Crippen molar-refractivity contribution in [3.8, 4) is 0 Å². The highest BCUT2D eigenvalue weighted by molar-refractivity contribution is 5.20. The molecule has 0 spiro atoms. The fourth-order valence-electron chi connectivity index (χ4n) is 2.37. The lowest BCUT2D eigenvalue weighted by Gasteiger charge is -2.36. The fraction of sp³-hybridized carbons (Fsp3) is 0.538. The van der Waals surface area contributed by atoms with Gasteiger partial charge >= 0.3 is 0 Å². The van der Waals surface area contributed by atoms with Gasteiger partial charge in [-0.1, -0.05) is 12.1 Å². The molecule has 0 unspecified atom stereocenters. The van der Waals surface area contributed by atoms with E-state index in [4.69, 9.17) is 0 Å². The lowest BCUT2D eigenvalue weighted by Crippen LogP contribution is -2.34. The minimum absolute atomic E-state index is 0.159. The Kier molecular flexibility index (Phi) is 3.54. The molecule has 1 aliphatic heterocycles. The molecule has 0 N–H and O–H groups in total. The molecule has 1 aromatic carbocycles. The summed E-state index contributed by atoms with van der Waals surface area (Å²) < 4.78 is 25.5. The predicted octanol–water partition coefficient (Wildman–Crippen LogP) is 3.18. The number of halogens is 2. The highest BCUT2D eigenvalue weighted by Gasteiger charge is 2.26. The van der Waals surface area contributed by atoms with E-state index in [1.807, 2.05) is 7.05 Å². The number of piperidine rings is 1. The summed E-state index contributed by atoms with van der Waals surface area (Å²) in [7, 11) is 2.04. The smallest absolute Gasteiger partial charge is 0.123 e. The number of likely N-dealkylation sites (tertiary alicyclic amines) is 1. The Hall–Kier alpha value is -0.960. The third kappa shape index (κ3) is 2.40. The molecular weight excluding hydrogens is 208 g/mol. The average Bonchev–Trinajstić information content (AvgIpc) is 2.31. The van der Waals surface area contributed by atoms with Crippen molar-refractivity contribution in [1.82, 2.24) is 4.90 Å². The first-order valence-corrected chi connectivity index (χ1v) is 5.72. The van der Waals surface area contributed by atoms with Crippen molar-refractivity contribution >= 4 is 0 Å². The van der Waals surface area contributed by atoms with Crippen molar-refractivity contribution in [2.24, 2.45) is 5.92 Å². The Morgan fingerprint density at radius 3 is 2.62 bits per heavy atom. The van der Waals surface area contributed by atoms with Crippen LogP contribution in [0, 0.1) is 11.7 Å². The maximum Gasteiger partial charge on any atom is 0.123 e. The summed E-state index contributed by atoms with van der Waals surface area (Å²) in [5.41, 5.74) is 1.09. The highest BCUT2D eigenvalue weighted by Crippen LogP contribution is 2.33. The zero-order valence-corrected chi connectivity index (χ0v) is 9.50. The molecule has 1 nitrogen and oxygen atoms in total. The van der Waals surface area contributed by atoms with Gasteiger partial charge in [-0.15, -0.1) is 0 Å².